The van der Waals surface area contributed by atoms with E-state index >= 15 is 0 Å². The van der Waals surface area contributed by atoms with Gasteiger partial charge in [-0.25, -0.2) is 19.9 Å². The average Bonchev–Trinajstić information content (AvgIpc) is 3.71. The Morgan fingerprint density at radius 1 is 0.286 bits per heavy atom. The number of pyridine rings is 1. The van der Waals surface area contributed by atoms with Crippen molar-refractivity contribution in [2.75, 3.05) is 0 Å². The van der Waals surface area contributed by atoms with E-state index in [0.29, 0.717) is 17.5 Å². The van der Waals surface area contributed by atoms with Gasteiger partial charge in [0.2, 0.25) is 0 Å². The average molecular weight is 804 g/mol. The highest BCUT2D eigenvalue weighted by molar-refractivity contribution is 6.27. The van der Waals surface area contributed by atoms with E-state index in [0.717, 1.165) is 72.2 Å². The van der Waals surface area contributed by atoms with Crippen LogP contribution in [0.5, 0.6) is 0 Å². The maximum atomic E-state index is 5.48. The lowest BCUT2D eigenvalue weighted by Gasteiger charge is -2.15. The van der Waals surface area contributed by atoms with Crippen molar-refractivity contribution >= 4 is 43.5 Å². The third-order valence-corrected chi connectivity index (χ3v) is 12.0. The van der Waals surface area contributed by atoms with Crippen LogP contribution in [0, 0.1) is 0 Å². The van der Waals surface area contributed by atoms with Gasteiger partial charge in [-0.3, -0.25) is 0 Å². The summed E-state index contributed by atoms with van der Waals surface area (Å²) in [6, 6.07) is 78.7. The summed E-state index contributed by atoms with van der Waals surface area (Å²) < 4.78 is 2.43. The summed E-state index contributed by atoms with van der Waals surface area (Å²) in [5.74, 6) is 1.91. The molecule has 0 N–H and O–H groups in total. The molecule has 3 heterocycles. The Labute approximate surface area is 364 Å². The van der Waals surface area contributed by atoms with Gasteiger partial charge in [0.05, 0.1) is 22.2 Å². The van der Waals surface area contributed by atoms with E-state index in [-0.39, 0.29) is 0 Å². The first-order valence-electron chi connectivity index (χ1n) is 21.2. The third kappa shape index (κ3) is 6.42. The molecule has 0 unspecified atom stereocenters. The second kappa shape index (κ2) is 15.2. The molecule has 0 atom stereocenters. The second-order valence-electron chi connectivity index (χ2n) is 15.8. The molecular weight excluding hydrogens is 767 g/mol. The first kappa shape index (κ1) is 36.3. The molecule has 5 nitrogen and oxygen atoms in total. The van der Waals surface area contributed by atoms with Gasteiger partial charge in [-0.05, 0) is 58.7 Å². The van der Waals surface area contributed by atoms with Crippen LogP contribution in [0.1, 0.15) is 0 Å². The van der Waals surface area contributed by atoms with Crippen LogP contribution in [0.2, 0.25) is 0 Å². The standard InChI is InChI=1S/C58H37N5/c1-5-17-38(18-6-1)54-50-34-33-48-47-29-13-14-30-52(47)63(46-27-11-4-12-28-46)55(48)53(50)49-32-31-44(37-51(49)59-54)42-24-15-23-41(35-42)43-25-16-26-45(36-43)58-61-56(39-19-7-2-8-20-39)60-57(62-58)40-21-9-3-10-22-40/h1-37H. The van der Waals surface area contributed by atoms with Crippen molar-refractivity contribution < 1.29 is 0 Å². The summed E-state index contributed by atoms with van der Waals surface area (Å²) in [5.41, 5.74) is 13.7. The largest absolute Gasteiger partial charge is 0.309 e. The number of hydrogen-bond donors (Lipinski definition) is 0. The van der Waals surface area contributed by atoms with Gasteiger partial charge in [0.15, 0.2) is 17.5 Å². The lowest BCUT2D eigenvalue weighted by atomic mass is 9.94. The second-order valence-corrected chi connectivity index (χ2v) is 15.8. The SMILES string of the molecule is c1ccc(-c2nc(-c3ccccc3)nc(-c3cccc(-c4cccc(-c5ccc6c(c5)nc(-c5ccccc5)c5ccc7c8ccccc8n(-c8ccccc8)c7c56)c4)c3)n2)cc1. The summed E-state index contributed by atoms with van der Waals surface area (Å²) in [4.78, 5) is 20.4. The molecule has 5 heteroatoms. The molecule has 0 amide bonds. The first-order chi connectivity index (χ1) is 31.2. The van der Waals surface area contributed by atoms with Crippen molar-refractivity contribution in [2.45, 2.75) is 0 Å². The van der Waals surface area contributed by atoms with E-state index < -0.39 is 0 Å². The molecular formula is C58H37N5. The van der Waals surface area contributed by atoms with E-state index in [1.807, 2.05) is 60.7 Å². The smallest absolute Gasteiger partial charge is 0.164 e. The lowest BCUT2D eigenvalue weighted by Crippen LogP contribution is -2.00. The maximum absolute atomic E-state index is 5.48. The molecule has 294 valence electrons. The molecule has 0 saturated heterocycles. The van der Waals surface area contributed by atoms with E-state index in [4.69, 9.17) is 19.9 Å². The normalized spacial score (nSPS) is 11.5. The van der Waals surface area contributed by atoms with Crippen LogP contribution in [0.25, 0.3) is 117 Å². The summed E-state index contributed by atoms with van der Waals surface area (Å²) in [6.45, 7) is 0. The topological polar surface area (TPSA) is 56.5 Å². The number of hydrogen-bond acceptors (Lipinski definition) is 4. The van der Waals surface area contributed by atoms with E-state index in [1.54, 1.807) is 0 Å². The molecule has 12 rings (SSSR count). The summed E-state index contributed by atoms with van der Waals surface area (Å²) in [6.07, 6.45) is 0. The molecule has 63 heavy (non-hydrogen) atoms. The van der Waals surface area contributed by atoms with Crippen LogP contribution in [-0.2, 0) is 0 Å². The Hall–Kier alpha value is -8.54. The van der Waals surface area contributed by atoms with Crippen LogP contribution in [0.3, 0.4) is 0 Å². The van der Waals surface area contributed by atoms with Gasteiger partial charge in [0.25, 0.3) is 0 Å². The molecule has 0 aliphatic rings. The van der Waals surface area contributed by atoms with Crippen LogP contribution in [-0.4, -0.2) is 24.5 Å². The zero-order chi connectivity index (χ0) is 41.7. The van der Waals surface area contributed by atoms with Crippen LogP contribution < -0.4 is 0 Å². The summed E-state index contributed by atoms with van der Waals surface area (Å²) in [7, 11) is 0. The van der Waals surface area contributed by atoms with Gasteiger partial charge in [0.1, 0.15) is 0 Å². The number of para-hydroxylation sites is 2. The Balaban J connectivity index is 1.01. The quantitative estimate of drug-likeness (QED) is 0.151. The Bertz CT molecular complexity index is 3600. The number of nitrogens with zero attached hydrogens (tertiary/aromatic N) is 5. The van der Waals surface area contributed by atoms with Crippen molar-refractivity contribution in [3.05, 3.63) is 224 Å². The Kier molecular flexibility index (Phi) is 8.75. The molecule has 3 aromatic heterocycles. The first-order valence-corrected chi connectivity index (χ1v) is 21.2. The van der Waals surface area contributed by atoms with Crippen LogP contribution in [0.4, 0.5) is 0 Å². The highest BCUT2D eigenvalue weighted by Gasteiger charge is 2.20. The van der Waals surface area contributed by atoms with Crippen LogP contribution >= 0.6 is 0 Å². The monoisotopic (exact) mass is 803 g/mol. The zero-order valence-corrected chi connectivity index (χ0v) is 34.1. The predicted molar refractivity (Wildman–Crippen MR) is 260 cm³/mol. The molecule has 0 bridgehead atoms. The highest BCUT2D eigenvalue weighted by atomic mass is 15.0. The Morgan fingerprint density at radius 2 is 0.746 bits per heavy atom. The van der Waals surface area contributed by atoms with Crippen molar-refractivity contribution in [2.24, 2.45) is 0 Å². The van der Waals surface area contributed by atoms with E-state index in [1.165, 1.54) is 27.2 Å². The number of benzene rings is 9. The fraction of sp³-hybridized carbons (Fsp3) is 0. The lowest BCUT2D eigenvalue weighted by molar-refractivity contribution is 1.07. The summed E-state index contributed by atoms with van der Waals surface area (Å²) >= 11 is 0. The van der Waals surface area contributed by atoms with Gasteiger partial charge < -0.3 is 4.57 Å². The van der Waals surface area contributed by atoms with Crippen molar-refractivity contribution in [3.63, 3.8) is 0 Å². The maximum Gasteiger partial charge on any atom is 0.164 e. The molecule has 0 fully saturated rings. The molecule has 9 aromatic carbocycles. The van der Waals surface area contributed by atoms with Crippen LogP contribution in [0.15, 0.2) is 224 Å². The van der Waals surface area contributed by atoms with Gasteiger partial charge in [-0.2, -0.15) is 0 Å². The van der Waals surface area contributed by atoms with Gasteiger partial charge in [-0.15, -0.1) is 0 Å². The highest BCUT2D eigenvalue weighted by Crippen LogP contribution is 2.43. The van der Waals surface area contributed by atoms with Crippen molar-refractivity contribution in [1.29, 1.82) is 0 Å². The van der Waals surface area contributed by atoms with Crippen molar-refractivity contribution in [3.8, 4) is 73.4 Å². The molecule has 0 aliphatic carbocycles. The molecule has 0 aliphatic heterocycles. The Morgan fingerprint density at radius 3 is 1.38 bits per heavy atom. The molecule has 12 aromatic rings. The van der Waals surface area contributed by atoms with Crippen molar-refractivity contribution in [1.82, 2.24) is 24.5 Å². The third-order valence-electron chi connectivity index (χ3n) is 12.0. The fourth-order valence-corrected chi connectivity index (χ4v) is 9.04. The van der Waals surface area contributed by atoms with Gasteiger partial charge in [0, 0.05) is 54.9 Å². The van der Waals surface area contributed by atoms with E-state index in [2.05, 4.69) is 168 Å². The number of aromatic nitrogens is 5. The molecule has 0 radical (unpaired) electrons. The van der Waals surface area contributed by atoms with Gasteiger partial charge >= 0.3 is 0 Å². The minimum Gasteiger partial charge on any atom is -0.309 e. The number of fused-ring (bicyclic) bond motifs is 7. The number of rotatable bonds is 7. The van der Waals surface area contributed by atoms with Gasteiger partial charge in [-0.1, -0.05) is 188 Å². The minimum atomic E-state index is 0.628. The fourth-order valence-electron chi connectivity index (χ4n) is 9.04. The minimum absolute atomic E-state index is 0.628. The molecule has 0 spiro atoms. The zero-order valence-electron chi connectivity index (χ0n) is 34.1. The summed E-state index contributed by atoms with van der Waals surface area (Å²) in [5, 5.41) is 5.88. The van der Waals surface area contributed by atoms with E-state index in [9.17, 15) is 0 Å². The molecule has 0 saturated carbocycles. The predicted octanol–water partition coefficient (Wildman–Crippen LogP) is 14.7.